The molecule has 8 nitrogen and oxygen atoms in total. The van der Waals surface area contributed by atoms with Crippen LogP contribution in [0.5, 0.6) is 0 Å². The third-order valence-corrected chi connectivity index (χ3v) is 7.39. The third kappa shape index (κ3) is 3.62. The lowest BCUT2D eigenvalue weighted by Gasteiger charge is -2.36. The van der Waals surface area contributed by atoms with Crippen LogP contribution in [-0.4, -0.2) is 66.4 Å². The van der Waals surface area contributed by atoms with Crippen LogP contribution in [0.1, 0.15) is 36.3 Å². The van der Waals surface area contributed by atoms with Crippen molar-refractivity contribution >= 4 is 18.0 Å². The number of ether oxygens (including phenoxy) is 2. The Labute approximate surface area is 197 Å². The van der Waals surface area contributed by atoms with Crippen LogP contribution in [-0.2, 0) is 19.1 Å². The number of aliphatic carboxylic acids is 1. The molecule has 178 valence electrons. The fourth-order valence-corrected chi connectivity index (χ4v) is 5.68. The van der Waals surface area contributed by atoms with E-state index in [1.54, 1.807) is 0 Å². The second-order valence-corrected chi connectivity index (χ2v) is 9.24. The van der Waals surface area contributed by atoms with Gasteiger partial charge in [0.15, 0.2) is 0 Å². The van der Waals surface area contributed by atoms with Gasteiger partial charge in [-0.2, -0.15) is 0 Å². The number of piperidine rings is 1. The Balaban J connectivity index is 1.27. The van der Waals surface area contributed by atoms with Crippen molar-refractivity contribution in [2.45, 2.75) is 36.8 Å². The summed E-state index contributed by atoms with van der Waals surface area (Å²) in [6.07, 6.45) is 1.27. The lowest BCUT2D eigenvalue weighted by molar-refractivity contribution is -0.156. The zero-order chi connectivity index (χ0) is 23.9. The van der Waals surface area contributed by atoms with Crippen LogP contribution >= 0.6 is 0 Å². The molecular formula is C26H28N2O6. The molecule has 1 aliphatic heterocycles. The molecule has 0 spiro atoms. The number of hydrogen-bond donors (Lipinski definition) is 2. The van der Waals surface area contributed by atoms with E-state index in [0.29, 0.717) is 13.0 Å². The normalized spacial score (nSPS) is 23.3. The molecule has 0 bridgehead atoms. The van der Waals surface area contributed by atoms with Crippen LogP contribution in [0.3, 0.4) is 0 Å². The highest BCUT2D eigenvalue weighted by Crippen LogP contribution is 2.54. The van der Waals surface area contributed by atoms with Crippen LogP contribution < -0.4 is 5.32 Å². The van der Waals surface area contributed by atoms with E-state index in [4.69, 9.17) is 9.47 Å². The maximum atomic E-state index is 13.3. The molecule has 2 aliphatic carbocycles. The highest BCUT2D eigenvalue weighted by atomic mass is 16.5. The molecule has 2 amide bonds. The van der Waals surface area contributed by atoms with Gasteiger partial charge < -0.3 is 24.8 Å². The lowest BCUT2D eigenvalue weighted by Crippen LogP contribution is -2.58. The van der Waals surface area contributed by atoms with E-state index in [1.807, 2.05) is 36.4 Å². The Bertz CT molecular complexity index is 1090. The second kappa shape index (κ2) is 8.76. The summed E-state index contributed by atoms with van der Waals surface area (Å²) < 4.78 is 10.7. The highest BCUT2D eigenvalue weighted by Gasteiger charge is 2.67. The number of fused-ring (bicyclic) bond motifs is 4. The number of benzene rings is 2. The Morgan fingerprint density at radius 2 is 1.76 bits per heavy atom. The number of alkyl carbamates (subject to hydrolysis) is 1. The molecule has 2 aromatic carbocycles. The summed E-state index contributed by atoms with van der Waals surface area (Å²) in [6.45, 7) is 0.409. The topological polar surface area (TPSA) is 105 Å². The number of rotatable bonds is 7. The average Bonchev–Trinajstić information content (AvgIpc) is 3.53. The number of nitrogens with zero attached hydrogens (tertiary/aromatic N) is 1. The average molecular weight is 465 g/mol. The van der Waals surface area contributed by atoms with Gasteiger partial charge in [-0.05, 0) is 47.4 Å². The molecule has 1 saturated carbocycles. The van der Waals surface area contributed by atoms with E-state index in [0.717, 1.165) is 35.1 Å². The first-order valence-electron chi connectivity index (χ1n) is 11.6. The van der Waals surface area contributed by atoms with Gasteiger partial charge in [-0.3, -0.25) is 4.79 Å². The fourth-order valence-electron chi connectivity index (χ4n) is 5.68. The first kappa shape index (κ1) is 22.4. The lowest BCUT2D eigenvalue weighted by atomic mass is 9.98. The predicted octanol–water partition coefficient (Wildman–Crippen LogP) is 3.01. The number of amides is 2. The number of methoxy groups -OCH3 is 1. The van der Waals surface area contributed by atoms with Crippen molar-refractivity contribution in [2.75, 3.05) is 26.9 Å². The van der Waals surface area contributed by atoms with E-state index in [1.165, 1.54) is 12.0 Å². The molecule has 8 heteroatoms. The molecule has 1 saturated heterocycles. The van der Waals surface area contributed by atoms with Gasteiger partial charge in [-0.25, -0.2) is 9.59 Å². The summed E-state index contributed by atoms with van der Waals surface area (Å²) in [6, 6.07) is 15.1. The van der Waals surface area contributed by atoms with E-state index >= 15 is 0 Å². The van der Waals surface area contributed by atoms with E-state index in [9.17, 15) is 19.5 Å². The molecule has 3 atom stereocenters. The van der Waals surface area contributed by atoms with Gasteiger partial charge in [0.2, 0.25) is 5.91 Å². The molecule has 0 radical (unpaired) electrons. The number of carboxylic acid groups (broad SMARTS) is 1. The van der Waals surface area contributed by atoms with Gasteiger partial charge in [0.1, 0.15) is 18.2 Å². The number of likely N-dealkylation sites (tertiary alicyclic amines) is 1. The van der Waals surface area contributed by atoms with Gasteiger partial charge in [0.25, 0.3) is 0 Å². The molecular weight excluding hydrogens is 436 g/mol. The van der Waals surface area contributed by atoms with E-state index in [2.05, 4.69) is 17.4 Å². The standard InChI is InChI=1S/C26H28N2O6/c1-33-15-22(23(29)28-12-6-7-16-13-26(16,28)24(30)31)27-25(32)34-14-21-19-10-4-2-8-17(19)18-9-3-5-11-20(18)21/h2-5,8-11,16,21-22H,6-7,12-15H2,1H3,(H,27,32)(H,30,31)/t16?,22-,26?/m0/s1. The number of hydrogen-bond acceptors (Lipinski definition) is 5. The molecule has 2 fully saturated rings. The minimum atomic E-state index is -1.15. The molecule has 1 heterocycles. The van der Waals surface area contributed by atoms with Crippen molar-refractivity contribution in [1.29, 1.82) is 0 Å². The van der Waals surface area contributed by atoms with Crippen LogP contribution in [0, 0.1) is 5.92 Å². The molecule has 0 aromatic heterocycles. The quantitative estimate of drug-likeness (QED) is 0.653. The zero-order valence-corrected chi connectivity index (χ0v) is 19.0. The minimum Gasteiger partial charge on any atom is -0.479 e. The minimum absolute atomic E-state index is 0.0275. The summed E-state index contributed by atoms with van der Waals surface area (Å²) >= 11 is 0. The number of carboxylic acids is 1. The maximum Gasteiger partial charge on any atom is 0.407 e. The molecule has 2 N–H and O–H groups in total. The molecule has 3 aliphatic rings. The maximum absolute atomic E-state index is 13.3. The Morgan fingerprint density at radius 1 is 1.12 bits per heavy atom. The first-order valence-corrected chi connectivity index (χ1v) is 11.6. The van der Waals surface area contributed by atoms with E-state index in [-0.39, 0.29) is 25.0 Å². The third-order valence-electron chi connectivity index (χ3n) is 7.39. The molecule has 34 heavy (non-hydrogen) atoms. The van der Waals surface area contributed by atoms with Crippen molar-refractivity contribution in [3.63, 3.8) is 0 Å². The largest absolute Gasteiger partial charge is 0.479 e. The van der Waals surface area contributed by atoms with Crippen molar-refractivity contribution in [1.82, 2.24) is 10.2 Å². The highest BCUT2D eigenvalue weighted by molar-refractivity contribution is 5.94. The van der Waals surface area contributed by atoms with Crippen molar-refractivity contribution in [2.24, 2.45) is 5.92 Å². The zero-order valence-electron chi connectivity index (χ0n) is 19.0. The second-order valence-electron chi connectivity index (χ2n) is 9.24. The SMILES string of the molecule is COC[C@H](NC(=O)OCC1c2ccccc2-c2ccccc21)C(=O)N1CCCC2CC21C(=O)O. The van der Waals surface area contributed by atoms with Crippen LogP contribution in [0.4, 0.5) is 4.79 Å². The van der Waals surface area contributed by atoms with Crippen LogP contribution in [0.15, 0.2) is 48.5 Å². The Morgan fingerprint density at radius 3 is 2.38 bits per heavy atom. The monoisotopic (exact) mass is 464 g/mol. The fraction of sp³-hybridized carbons (Fsp3) is 0.423. The van der Waals surface area contributed by atoms with Gasteiger partial charge in [0, 0.05) is 19.6 Å². The summed E-state index contributed by atoms with van der Waals surface area (Å²) in [7, 11) is 1.43. The van der Waals surface area contributed by atoms with Crippen LogP contribution in [0.25, 0.3) is 11.1 Å². The van der Waals surface area contributed by atoms with Gasteiger partial charge in [-0.15, -0.1) is 0 Å². The van der Waals surface area contributed by atoms with E-state index < -0.39 is 29.6 Å². The van der Waals surface area contributed by atoms with Crippen molar-refractivity contribution in [3.8, 4) is 11.1 Å². The first-order chi connectivity index (χ1) is 16.5. The van der Waals surface area contributed by atoms with Crippen LogP contribution in [0.2, 0.25) is 0 Å². The number of carbonyl (C=O) groups is 3. The summed E-state index contributed by atoms with van der Waals surface area (Å²) in [5.41, 5.74) is 3.30. The summed E-state index contributed by atoms with van der Waals surface area (Å²) in [5.74, 6) is -1.55. The predicted molar refractivity (Wildman–Crippen MR) is 123 cm³/mol. The smallest absolute Gasteiger partial charge is 0.407 e. The Kier molecular flexibility index (Phi) is 5.77. The van der Waals surface area contributed by atoms with Crippen molar-refractivity contribution < 1.29 is 29.0 Å². The summed E-state index contributed by atoms with van der Waals surface area (Å²) in [5, 5.41) is 12.4. The van der Waals surface area contributed by atoms with Gasteiger partial charge >= 0.3 is 12.1 Å². The van der Waals surface area contributed by atoms with Crippen molar-refractivity contribution in [3.05, 3.63) is 59.7 Å². The summed E-state index contributed by atoms with van der Waals surface area (Å²) in [4.78, 5) is 39.4. The molecule has 5 rings (SSSR count). The molecule has 2 unspecified atom stereocenters. The molecule has 2 aromatic rings. The van der Waals surface area contributed by atoms with Gasteiger partial charge in [-0.1, -0.05) is 48.5 Å². The number of carbonyl (C=O) groups excluding carboxylic acids is 2. The Hall–Kier alpha value is -3.39. The van der Waals surface area contributed by atoms with Gasteiger partial charge in [0.05, 0.1) is 6.61 Å². The number of nitrogens with one attached hydrogen (secondary N) is 1.